The number of aliphatic imine (C=N–C) groups is 1. The van der Waals surface area contributed by atoms with Crippen LogP contribution in [0.2, 0.25) is 5.02 Å². The van der Waals surface area contributed by atoms with Crippen LogP contribution in [-0.2, 0) is 14.3 Å². The Kier molecular flexibility index (Phi) is 7.85. The van der Waals surface area contributed by atoms with Crippen molar-refractivity contribution in [1.29, 1.82) is 0 Å². The third-order valence-electron chi connectivity index (χ3n) is 6.97. The van der Waals surface area contributed by atoms with Gasteiger partial charge in [0.05, 0.1) is 23.2 Å². The summed E-state index contributed by atoms with van der Waals surface area (Å²) >= 11 is 13.2. The minimum absolute atomic E-state index is 0.0692. The number of fused-ring (bicyclic) bond motifs is 1. The zero-order valence-corrected chi connectivity index (χ0v) is 23.5. The smallest absolute Gasteiger partial charge is 0.338 e. The van der Waals surface area contributed by atoms with Crippen molar-refractivity contribution >= 4 is 58.0 Å². The third kappa shape index (κ3) is 5.11. The Morgan fingerprint density at radius 1 is 1.36 bits per heavy atom. The highest BCUT2D eigenvalue weighted by atomic mass is 35.5. The van der Waals surface area contributed by atoms with Gasteiger partial charge in [0.15, 0.2) is 16.0 Å². The predicted molar refractivity (Wildman–Crippen MR) is 148 cm³/mol. The second kappa shape index (κ2) is 11.2. The molecule has 2 aromatic rings. The van der Waals surface area contributed by atoms with Crippen LogP contribution in [0.3, 0.4) is 0 Å². The number of amidine groups is 1. The van der Waals surface area contributed by atoms with Crippen LogP contribution >= 0.6 is 35.2 Å². The van der Waals surface area contributed by atoms with E-state index in [1.807, 2.05) is 21.7 Å². The highest BCUT2D eigenvalue weighted by molar-refractivity contribution is 7.80. The summed E-state index contributed by atoms with van der Waals surface area (Å²) in [5.41, 5.74) is 0.818. The molecule has 3 aliphatic rings. The average Bonchev–Trinajstić information content (AvgIpc) is 3.53. The van der Waals surface area contributed by atoms with E-state index < -0.39 is 29.8 Å². The van der Waals surface area contributed by atoms with Gasteiger partial charge in [-0.1, -0.05) is 23.7 Å². The summed E-state index contributed by atoms with van der Waals surface area (Å²) in [5, 5.41) is 16.3. The molecule has 2 N–H and O–H groups in total. The minimum Gasteiger partial charge on any atom is -0.480 e. The molecule has 1 aromatic carbocycles. The van der Waals surface area contributed by atoms with Crippen LogP contribution in [0.4, 0.5) is 4.39 Å². The van der Waals surface area contributed by atoms with E-state index in [1.54, 1.807) is 24.6 Å². The maximum atomic E-state index is 14.5. The molecule has 4 heterocycles. The predicted octanol–water partition coefficient (Wildman–Crippen LogP) is 2.51. The first-order valence-corrected chi connectivity index (χ1v) is 13.9. The van der Waals surface area contributed by atoms with Crippen LogP contribution in [0.25, 0.3) is 0 Å². The Morgan fingerprint density at radius 3 is 2.85 bits per heavy atom. The van der Waals surface area contributed by atoms with E-state index in [1.165, 1.54) is 23.5 Å². The number of carboxylic acid groups (broad SMARTS) is 1. The van der Waals surface area contributed by atoms with Crippen molar-refractivity contribution in [3.63, 3.8) is 0 Å². The Balaban J connectivity index is 1.60. The van der Waals surface area contributed by atoms with Gasteiger partial charge >= 0.3 is 11.9 Å². The van der Waals surface area contributed by atoms with Crippen molar-refractivity contribution in [3.8, 4) is 0 Å². The van der Waals surface area contributed by atoms with E-state index in [2.05, 4.69) is 10.3 Å². The van der Waals surface area contributed by atoms with Gasteiger partial charge < -0.3 is 25.0 Å². The van der Waals surface area contributed by atoms with Gasteiger partial charge in [0.25, 0.3) is 0 Å². The van der Waals surface area contributed by atoms with E-state index in [-0.39, 0.29) is 35.4 Å². The summed E-state index contributed by atoms with van der Waals surface area (Å²) < 4.78 is 19.9. The van der Waals surface area contributed by atoms with E-state index in [0.717, 1.165) is 0 Å². The number of rotatable bonds is 7. The molecule has 206 valence electrons. The van der Waals surface area contributed by atoms with Crippen molar-refractivity contribution in [2.24, 2.45) is 4.99 Å². The number of hydrogen-bond donors (Lipinski definition) is 2. The number of hydrogen-bond acceptors (Lipinski definition) is 9. The van der Waals surface area contributed by atoms with Gasteiger partial charge in [0, 0.05) is 56.1 Å². The number of thiazole rings is 1. The highest BCUT2D eigenvalue weighted by Crippen LogP contribution is 2.38. The number of carbonyl (C=O) groups excluding carboxylic acids is 1. The molecule has 2 fully saturated rings. The second-order valence-corrected chi connectivity index (χ2v) is 10.9. The summed E-state index contributed by atoms with van der Waals surface area (Å²) in [6.45, 7) is 3.24. The molecule has 10 nitrogen and oxygen atoms in total. The van der Waals surface area contributed by atoms with E-state index in [9.17, 15) is 19.1 Å². The van der Waals surface area contributed by atoms with Gasteiger partial charge in [0.1, 0.15) is 17.9 Å². The number of ether oxygens (including phenoxy) is 1. The van der Waals surface area contributed by atoms with Gasteiger partial charge in [-0.05, 0) is 25.2 Å². The summed E-state index contributed by atoms with van der Waals surface area (Å²) in [6, 6.07) is 2.08. The fourth-order valence-electron chi connectivity index (χ4n) is 5.25. The highest BCUT2D eigenvalue weighted by Gasteiger charge is 2.47. The first-order chi connectivity index (χ1) is 18.7. The number of aromatic nitrogens is 1. The topological polar surface area (TPSA) is 111 Å². The molecule has 39 heavy (non-hydrogen) atoms. The molecule has 14 heteroatoms. The average molecular weight is 593 g/mol. The van der Waals surface area contributed by atoms with Gasteiger partial charge in [-0.15, -0.1) is 11.3 Å². The zero-order chi connectivity index (χ0) is 27.8. The van der Waals surface area contributed by atoms with Crippen LogP contribution in [0.1, 0.15) is 23.5 Å². The number of halogens is 2. The van der Waals surface area contributed by atoms with E-state index in [0.29, 0.717) is 41.3 Å². The van der Waals surface area contributed by atoms with E-state index in [4.69, 9.17) is 33.5 Å². The molecule has 0 saturated carbocycles. The lowest BCUT2D eigenvalue weighted by Gasteiger charge is -2.43. The first-order valence-electron chi connectivity index (χ1n) is 12.3. The number of nitrogens with zero attached hydrogens (tertiary/aromatic N) is 5. The molecule has 0 aliphatic carbocycles. The molecular formula is C25H26ClFN6O4S2. The number of carbonyl (C=O) groups is 2. The summed E-state index contributed by atoms with van der Waals surface area (Å²) in [6.07, 6.45) is 1.62. The molecule has 2 saturated heterocycles. The molecule has 0 radical (unpaired) electrons. The number of nitrogens with one attached hydrogen (secondary N) is 1. The van der Waals surface area contributed by atoms with Crippen molar-refractivity contribution in [3.05, 3.63) is 62.5 Å². The van der Waals surface area contributed by atoms with Crippen LogP contribution in [0.15, 0.2) is 46.0 Å². The molecule has 0 bridgehead atoms. The number of benzene rings is 1. The number of thiocarbonyl (C=S) groups is 1. The van der Waals surface area contributed by atoms with Gasteiger partial charge in [-0.2, -0.15) is 0 Å². The third-order valence-corrected chi connectivity index (χ3v) is 8.69. The van der Waals surface area contributed by atoms with E-state index >= 15 is 0 Å². The maximum Gasteiger partial charge on any atom is 0.338 e. The van der Waals surface area contributed by atoms with Crippen LogP contribution in [-0.4, -0.2) is 99.6 Å². The summed E-state index contributed by atoms with van der Waals surface area (Å²) in [5.74, 6) is -1.92. The van der Waals surface area contributed by atoms with Crippen LogP contribution < -0.4 is 5.32 Å². The van der Waals surface area contributed by atoms with Gasteiger partial charge in [-0.25, -0.2) is 14.2 Å². The minimum atomic E-state index is -1.00. The molecule has 1 unspecified atom stereocenters. The van der Waals surface area contributed by atoms with Gasteiger partial charge in [-0.3, -0.25) is 14.7 Å². The lowest BCUT2D eigenvalue weighted by Crippen LogP contribution is -2.62. The summed E-state index contributed by atoms with van der Waals surface area (Å²) in [4.78, 5) is 40.6. The first kappa shape index (κ1) is 27.4. The fraction of sp³-hybridized carbons (Fsp3) is 0.400. The van der Waals surface area contributed by atoms with Gasteiger partial charge in [0.2, 0.25) is 0 Å². The SMILES string of the molecule is CCOC(=O)C1=C(CN2CCN3C(=S)N(C)C[C@@H]3[C@@H]2C(=O)O)NC(c2nccs2)=NC1c1cccc(F)c1Cl. The number of piperazine rings is 1. The Hall–Kier alpha value is -3.13. The Morgan fingerprint density at radius 2 is 2.15 bits per heavy atom. The lowest BCUT2D eigenvalue weighted by molar-refractivity contribution is -0.146. The fourth-order valence-corrected chi connectivity index (χ4v) is 6.36. The Bertz CT molecular complexity index is 1370. The van der Waals surface area contributed by atoms with Crippen LogP contribution in [0, 0.1) is 5.82 Å². The Labute approximate surface area is 238 Å². The quantitative estimate of drug-likeness (QED) is 0.367. The second-order valence-electron chi connectivity index (χ2n) is 9.28. The van der Waals surface area contributed by atoms with Crippen molar-refractivity contribution in [2.45, 2.75) is 25.0 Å². The maximum absolute atomic E-state index is 14.5. The molecular weight excluding hydrogens is 567 g/mol. The van der Waals surface area contributed by atoms with Crippen molar-refractivity contribution < 1.29 is 23.8 Å². The molecule has 0 spiro atoms. The normalized spacial score (nSPS) is 23.4. The molecule has 1 aromatic heterocycles. The largest absolute Gasteiger partial charge is 0.480 e. The standard InChI is InChI=1S/C25H26ClFN6O4S2/c1-3-37-24(36)17-15(11-32-8-9-33-16(20(32)23(34)35)12-31(2)25(33)38)29-21(22-28-7-10-39-22)30-19(17)13-5-4-6-14(27)18(13)26/h4-7,10,16,19-20H,3,8-9,11-12H2,1-2H3,(H,29,30)(H,34,35)/t16-,19?,20-/m1/s1. The lowest BCUT2D eigenvalue weighted by atomic mass is 9.94. The number of carboxylic acids is 1. The molecule has 3 aliphatic heterocycles. The monoisotopic (exact) mass is 592 g/mol. The number of esters is 1. The summed E-state index contributed by atoms with van der Waals surface area (Å²) in [7, 11) is 1.85. The van der Waals surface area contributed by atoms with Crippen LogP contribution in [0.5, 0.6) is 0 Å². The number of likely N-dealkylation sites (N-methyl/N-ethyl adjacent to an activating group) is 1. The van der Waals surface area contributed by atoms with Crippen molar-refractivity contribution in [1.82, 2.24) is 25.0 Å². The zero-order valence-electron chi connectivity index (χ0n) is 21.1. The van der Waals surface area contributed by atoms with Crippen molar-refractivity contribution in [2.75, 3.05) is 39.8 Å². The molecule has 0 amide bonds. The molecule has 3 atom stereocenters. The molecule has 5 rings (SSSR count). The number of aliphatic carboxylic acids is 1.